The number of carbonyl (C=O) groups excluding carboxylic acids is 2. The van der Waals surface area contributed by atoms with E-state index in [0.717, 1.165) is 11.1 Å². The molecule has 0 spiro atoms. The Kier molecular flexibility index (Phi) is 7.55. The monoisotopic (exact) mass is 352 g/mol. The first-order chi connectivity index (χ1) is 12.6. The Labute approximate surface area is 154 Å². The quantitative estimate of drug-likeness (QED) is 0.540. The van der Waals surface area contributed by atoms with Gasteiger partial charge >= 0.3 is 5.97 Å². The van der Waals surface area contributed by atoms with Crippen molar-refractivity contribution in [1.29, 1.82) is 0 Å². The summed E-state index contributed by atoms with van der Waals surface area (Å²) in [5, 5.41) is 0. The van der Waals surface area contributed by atoms with Gasteiger partial charge in [-0.3, -0.25) is 14.6 Å². The highest BCUT2D eigenvalue weighted by molar-refractivity contribution is 5.92. The van der Waals surface area contributed by atoms with Crippen LogP contribution in [0, 0.1) is 6.92 Å². The normalized spacial score (nSPS) is 10.7. The van der Waals surface area contributed by atoms with Gasteiger partial charge in [0.2, 0.25) is 5.91 Å². The molecule has 1 heterocycles. The van der Waals surface area contributed by atoms with Crippen molar-refractivity contribution in [2.75, 3.05) is 13.2 Å². The third kappa shape index (κ3) is 6.51. The maximum absolute atomic E-state index is 12.6. The van der Waals surface area contributed by atoms with E-state index in [4.69, 9.17) is 4.74 Å². The minimum atomic E-state index is -0.306. The lowest BCUT2D eigenvalue weighted by Gasteiger charge is -2.21. The second kappa shape index (κ2) is 10.1. The lowest BCUT2D eigenvalue weighted by atomic mass is 10.1. The predicted octanol–water partition coefficient (Wildman–Crippen LogP) is 3.39. The first-order valence-corrected chi connectivity index (χ1v) is 8.66. The van der Waals surface area contributed by atoms with E-state index >= 15 is 0 Å². The van der Waals surface area contributed by atoms with Crippen LogP contribution in [0.2, 0.25) is 0 Å². The summed E-state index contributed by atoms with van der Waals surface area (Å²) in [6.45, 7) is 4.81. The third-order valence-corrected chi connectivity index (χ3v) is 3.79. The molecule has 0 aliphatic rings. The minimum absolute atomic E-state index is 0.154. The van der Waals surface area contributed by atoms with Gasteiger partial charge in [-0.2, -0.15) is 0 Å². The van der Waals surface area contributed by atoms with Gasteiger partial charge in [-0.25, -0.2) is 0 Å². The van der Waals surface area contributed by atoms with Crippen LogP contribution in [0.25, 0.3) is 6.08 Å². The van der Waals surface area contributed by atoms with E-state index in [9.17, 15) is 9.59 Å². The molecular weight excluding hydrogens is 328 g/mol. The van der Waals surface area contributed by atoms with Crippen molar-refractivity contribution >= 4 is 18.0 Å². The van der Waals surface area contributed by atoms with Crippen LogP contribution >= 0.6 is 0 Å². The number of aromatic nitrogens is 1. The third-order valence-electron chi connectivity index (χ3n) is 3.79. The molecule has 5 nitrogen and oxygen atoms in total. The van der Waals surface area contributed by atoms with Gasteiger partial charge in [0.05, 0.1) is 13.0 Å². The Morgan fingerprint density at radius 2 is 1.96 bits per heavy atom. The standard InChI is InChI=1S/C21H24N2O3/c1-3-26-21(25)12-14-23(16-19-5-4-13-22-15-19)20(24)11-10-18-8-6-17(2)7-9-18/h4-11,13,15H,3,12,14,16H2,1-2H3/b11-10+. The van der Waals surface area contributed by atoms with Gasteiger partial charge in [0.25, 0.3) is 0 Å². The number of esters is 1. The van der Waals surface area contributed by atoms with Crippen molar-refractivity contribution in [2.45, 2.75) is 26.8 Å². The molecule has 2 aromatic rings. The molecule has 2 rings (SSSR count). The van der Waals surface area contributed by atoms with E-state index in [-0.39, 0.29) is 18.3 Å². The average molecular weight is 352 g/mol. The molecule has 0 bridgehead atoms. The summed E-state index contributed by atoms with van der Waals surface area (Å²) in [5.41, 5.74) is 3.03. The van der Waals surface area contributed by atoms with Crippen molar-refractivity contribution < 1.29 is 14.3 Å². The van der Waals surface area contributed by atoms with E-state index in [1.54, 1.807) is 30.3 Å². The van der Waals surface area contributed by atoms with E-state index < -0.39 is 0 Å². The number of rotatable bonds is 8. The number of aryl methyl sites for hydroxylation is 1. The number of ether oxygens (including phenoxy) is 1. The minimum Gasteiger partial charge on any atom is -0.466 e. The number of carbonyl (C=O) groups is 2. The Morgan fingerprint density at radius 3 is 2.62 bits per heavy atom. The van der Waals surface area contributed by atoms with Gasteiger partial charge in [-0.15, -0.1) is 0 Å². The fourth-order valence-corrected chi connectivity index (χ4v) is 2.39. The second-order valence-electron chi connectivity index (χ2n) is 5.92. The van der Waals surface area contributed by atoms with E-state index in [1.165, 1.54) is 11.6 Å². The second-order valence-corrected chi connectivity index (χ2v) is 5.92. The number of hydrogen-bond acceptors (Lipinski definition) is 4. The SMILES string of the molecule is CCOC(=O)CCN(Cc1cccnc1)C(=O)/C=C/c1ccc(C)cc1. The molecule has 0 saturated heterocycles. The van der Waals surface area contributed by atoms with Crippen molar-refractivity contribution in [1.82, 2.24) is 9.88 Å². The summed E-state index contributed by atoms with van der Waals surface area (Å²) >= 11 is 0. The van der Waals surface area contributed by atoms with Crippen LogP contribution in [0.3, 0.4) is 0 Å². The summed E-state index contributed by atoms with van der Waals surface area (Å²) in [6, 6.07) is 11.6. The Bertz CT molecular complexity index is 740. The summed E-state index contributed by atoms with van der Waals surface area (Å²) < 4.78 is 4.96. The predicted molar refractivity (Wildman–Crippen MR) is 101 cm³/mol. The van der Waals surface area contributed by atoms with Crippen LogP contribution in [0.1, 0.15) is 30.0 Å². The number of nitrogens with zero attached hydrogens (tertiary/aromatic N) is 2. The lowest BCUT2D eigenvalue weighted by Crippen LogP contribution is -2.31. The molecule has 1 aromatic carbocycles. The van der Waals surface area contributed by atoms with Gasteiger partial charge in [-0.05, 0) is 37.1 Å². The van der Waals surface area contributed by atoms with Gasteiger partial charge in [0.15, 0.2) is 0 Å². The lowest BCUT2D eigenvalue weighted by molar-refractivity contribution is -0.143. The van der Waals surface area contributed by atoms with Crippen LogP contribution in [0.15, 0.2) is 54.9 Å². The number of amides is 1. The van der Waals surface area contributed by atoms with Crippen LogP contribution in [-0.2, 0) is 20.9 Å². The summed E-state index contributed by atoms with van der Waals surface area (Å²) in [4.78, 5) is 30.0. The summed E-state index contributed by atoms with van der Waals surface area (Å²) in [6.07, 6.45) is 6.88. The molecule has 0 aliphatic carbocycles. The Hall–Kier alpha value is -2.95. The highest BCUT2D eigenvalue weighted by Crippen LogP contribution is 2.09. The molecule has 26 heavy (non-hydrogen) atoms. The zero-order valence-electron chi connectivity index (χ0n) is 15.2. The largest absolute Gasteiger partial charge is 0.466 e. The van der Waals surface area contributed by atoms with Crippen LogP contribution in [0.4, 0.5) is 0 Å². The van der Waals surface area contributed by atoms with Gasteiger partial charge < -0.3 is 9.64 Å². The molecule has 0 saturated carbocycles. The maximum Gasteiger partial charge on any atom is 0.307 e. The fourth-order valence-electron chi connectivity index (χ4n) is 2.39. The number of hydrogen-bond donors (Lipinski definition) is 0. The van der Waals surface area contributed by atoms with Crippen LogP contribution in [-0.4, -0.2) is 34.9 Å². The summed E-state index contributed by atoms with van der Waals surface area (Å²) in [7, 11) is 0. The molecule has 1 aromatic heterocycles. The zero-order chi connectivity index (χ0) is 18.8. The molecule has 0 N–H and O–H groups in total. The number of pyridine rings is 1. The van der Waals surface area contributed by atoms with Gasteiger partial charge in [0.1, 0.15) is 0 Å². The first-order valence-electron chi connectivity index (χ1n) is 8.66. The molecule has 0 atom stereocenters. The van der Waals surface area contributed by atoms with Gasteiger partial charge in [0, 0.05) is 31.6 Å². The van der Waals surface area contributed by atoms with Crippen molar-refractivity contribution in [2.24, 2.45) is 0 Å². The topological polar surface area (TPSA) is 59.5 Å². The zero-order valence-corrected chi connectivity index (χ0v) is 15.2. The van der Waals surface area contributed by atoms with Crippen molar-refractivity contribution in [3.05, 3.63) is 71.6 Å². The molecule has 5 heteroatoms. The molecule has 0 fully saturated rings. The number of benzene rings is 1. The van der Waals surface area contributed by atoms with E-state index in [2.05, 4.69) is 4.98 Å². The fraction of sp³-hybridized carbons (Fsp3) is 0.286. The van der Waals surface area contributed by atoms with Crippen molar-refractivity contribution in [3.63, 3.8) is 0 Å². The highest BCUT2D eigenvalue weighted by Gasteiger charge is 2.14. The van der Waals surface area contributed by atoms with Crippen molar-refractivity contribution in [3.8, 4) is 0 Å². The molecule has 136 valence electrons. The van der Waals surface area contributed by atoms with Crippen LogP contribution < -0.4 is 0 Å². The average Bonchev–Trinajstić information content (AvgIpc) is 2.65. The van der Waals surface area contributed by atoms with E-state index in [1.807, 2.05) is 43.3 Å². The smallest absolute Gasteiger partial charge is 0.307 e. The van der Waals surface area contributed by atoms with Gasteiger partial charge in [-0.1, -0.05) is 35.9 Å². The first kappa shape index (κ1) is 19.4. The van der Waals surface area contributed by atoms with E-state index in [0.29, 0.717) is 19.7 Å². The van der Waals surface area contributed by atoms with Crippen LogP contribution in [0.5, 0.6) is 0 Å². The molecular formula is C21H24N2O3. The highest BCUT2D eigenvalue weighted by atomic mass is 16.5. The Morgan fingerprint density at radius 1 is 1.19 bits per heavy atom. The summed E-state index contributed by atoms with van der Waals surface area (Å²) in [5.74, 6) is -0.460. The maximum atomic E-state index is 12.6. The Balaban J connectivity index is 2.06. The molecule has 1 amide bonds. The molecule has 0 unspecified atom stereocenters. The molecule has 0 radical (unpaired) electrons. The molecule has 0 aliphatic heterocycles.